The SMILES string of the molecule is COc1cccc(C(=O)Nc2nc(-c3cc(OC)c(OC)c(OC)c3)cs2)c1. The summed E-state index contributed by atoms with van der Waals surface area (Å²) in [5.74, 6) is 1.93. The van der Waals surface area contributed by atoms with Gasteiger partial charge in [0.15, 0.2) is 16.6 Å². The minimum absolute atomic E-state index is 0.260. The molecule has 3 rings (SSSR count). The molecule has 0 aliphatic carbocycles. The third-order valence-corrected chi connectivity index (χ3v) is 4.77. The van der Waals surface area contributed by atoms with Gasteiger partial charge in [-0.2, -0.15) is 0 Å². The fourth-order valence-electron chi connectivity index (χ4n) is 2.63. The summed E-state index contributed by atoms with van der Waals surface area (Å²) in [5.41, 5.74) is 1.96. The normalized spacial score (nSPS) is 10.3. The van der Waals surface area contributed by atoms with Crippen LogP contribution in [0.25, 0.3) is 11.3 Å². The Morgan fingerprint density at radius 2 is 1.68 bits per heavy atom. The Balaban J connectivity index is 1.85. The van der Waals surface area contributed by atoms with Gasteiger partial charge < -0.3 is 18.9 Å². The number of carbonyl (C=O) groups is 1. The van der Waals surface area contributed by atoms with Crippen LogP contribution >= 0.6 is 11.3 Å². The summed E-state index contributed by atoms with van der Waals surface area (Å²) in [7, 11) is 6.22. The number of amides is 1. The zero-order valence-electron chi connectivity index (χ0n) is 15.9. The fraction of sp³-hybridized carbons (Fsp3) is 0.200. The van der Waals surface area contributed by atoms with Crippen molar-refractivity contribution in [1.29, 1.82) is 0 Å². The van der Waals surface area contributed by atoms with Gasteiger partial charge in [-0.05, 0) is 30.3 Å². The summed E-state index contributed by atoms with van der Waals surface area (Å²) in [6.45, 7) is 0. The van der Waals surface area contributed by atoms with Crippen molar-refractivity contribution < 1.29 is 23.7 Å². The molecule has 2 aromatic carbocycles. The van der Waals surface area contributed by atoms with Crippen molar-refractivity contribution in [3.63, 3.8) is 0 Å². The van der Waals surface area contributed by atoms with Crippen LogP contribution < -0.4 is 24.3 Å². The second-order valence-electron chi connectivity index (χ2n) is 5.64. The van der Waals surface area contributed by atoms with Crippen molar-refractivity contribution in [1.82, 2.24) is 4.98 Å². The molecule has 1 heterocycles. The van der Waals surface area contributed by atoms with Gasteiger partial charge in [0.2, 0.25) is 5.75 Å². The maximum Gasteiger partial charge on any atom is 0.257 e. The van der Waals surface area contributed by atoms with Gasteiger partial charge in [0, 0.05) is 16.5 Å². The van der Waals surface area contributed by atoms with Crippen molar-refractivity contribution in [3.05, 3.63) is 47.3 Å². The molecule has 0 fully saturated rings. The van der Waals surface area contributed by atoms with Gasteiger partial charge in [-0.1, -0.05) is 6.07 Å². The van der Waals surface area contributed by atoms with Gasteiger partial charge in [-0.25, -0.2) is 4.98 Å². The maximum absolute atomic E-state index is 12.5. The van der Waals surface area contributed by atoms with E-state index in [0.717, 1.165) is 5.56 Å². The molecule has 0 saturated carbocycles. The first kappa shape index (κ1) is 19.5. The lowest BCUT2D eigenvalue weighted by Crippen LogP contribution is -2.11. The highest BCUT2D eigenvalue weighted by Crippen LogP contribution is 2.41. The Morgan fingerprint density at radius 1 is 0.964 bits per heavy atom. The second kappa shape index (κ2) is 8.62. The van der Waals surface area contributed by atoms with Crippen LogP contribution in [0.1, 0.15) is 10.4 Å². The van der Waals surface area contributed by atoms with E-state index < -0.39 is 0 Å². The van der Waals surface area contributed by atoms with E-state index in [4.69, 9.17) is 18.9 Å². The van der Waals surface area contributed by atoms with E-state index in [2.05, 4.69) is 10.3 Å². The molecule has 8 heteroatoms. The lowest BCUT2D eigenvalue weighted by atomic mass is 10.1. The molecule has 0 aliphatic rings. The molecule has 28 heavy (non-hydrogen) atoms. The third kappa shape index (κ3) is 4.01. The molecule has 0 unspecified atom stereocenters. The van der Waals surface area contributed by atoms with E-state index in [9.17, 15) is 4.79 Å². The Bertz CT molecular complexity index is 961. The van der Waals surface area contributed by atoms with Crippen LogP contribution in [0.2, 0.25) is 0 Å². The molecular formula is C20H20N2O5S. The highest BCUT2D eigenvalue weighted by molar-refractivity contribution is 7.14. The predicted octanol–water partition coefficient (Wildman–Crippen LogP) is 4.10. The number of hydrogen-bond acceptors (Lipinski definition) is 7. The number of anilines is 1. The molecule has 1 amide bonds. The predicted molar refractivity (Wildman–Crippen MR) is 108 cm³/mol. The number of nitrogens with zero attached hydrogens (tertiary/aromatic N) is 1. The quantitative estimate of drug-likeness (QED) is 0.643. The van der Waals surface area contributed by atoms with Gasteiger partial charge in [0.25, 0.3) is 5.91 Å². The molecule has 1 N–H and O–H groups in total. The Morgan fingerprint density at radius 3 is 2.29 bits per heavy atom. The van der Waals surface area contributed by atoms with E-state index in [1.807, 2.05) is 17.5 Å². The summed E-state index contributed by atoms with van der Waals surface area (Å²) in [5, 5.41) is 5.14. The average Bonchev–Trinajstić information content (AvgIpc) is 3.20. The summed E-state index contributed by atoms with van der Waals surface area (Å²) in [6, 6.07) is 10.5. The number of hydrogen-bond donors (Lipinski definition) is 1. The Hall–Kier alpha value is -3.26. The number of rotatable bonds is 7. The lowest BCUT2D eigenvalue weighted by molar-refractivity contribution is 0.102. The maximum atomic E-state index is 12.5. The van der Waals surface area contributed by atoms with Crippen LogP contribution in [0, 0.1) is 0 Å². The van der Waals surface area contributed by atoms with Crippen LogP contribution in [-0.2, 0) is 0 Å². The van der Waals surface area contributed by atoms with Gasteiger partial charge in [0.1, 0.15) is 5.75 Å². The highest BCUT2D eigenvalue weighted by Gasteiger charge is 2.16. The number of carbonyl (C=O) groups excluding carboxylic acids is 1. The molecule has 0 aliphatic heterocycles. The first-order valence-electron chi connectivity index (χ1n) is 8.31. The smallest absolute Gasteiger partial charge is 0.257 e. The molecule has 0 radical (unpaired) electrons. The van der Waals surface area contributed by atoms with Gasteiger partial charge >= 0.3 is 0 Å². The van der Waals surface area contributed by atoms with E-state index in [1.54, 1.807) is 52.7 Å². The average molecular weight is 400 g/mol. The first-order valence-corrected chi connectivity index (χ1v) is 9.19. The largest absolute Gasteiger partial charge is 0.497 e. The monoisotopic (exact) mass is 400 g/mol. The van der Waals surface area contributed by atoms with E-state index in [1.165, 1.54) is 11.3 Å². The molecule has 0 atom stereocenters. The van der Waals surface area contributed by atoms with E-state index in [0.29, 0.717) is 39.4 Å². The summed E-state index contributed by atoms with van der Waals surface area (Å²) in [4.78, 5) is 17.0. The topological polar surface area (TPSA) is 78.9 Å². The van der Waals surface area contributed by atoms with Crippen molar-refractivity contribution in [2.75, 3.05) is 33.8 Å². The molecular weight excluding hydrogens is 380 g/mol. The van der Waals surface area contributed by atoms with Crippen LogP contribution in [-0.4, -0.2) is 39.3 Å². The minimum Gasteiger partial charge on any atom is -0.497 e. The van der Waals surface area contributed by atoms with E-state index >= 15 is 0 Å². The van der Waals surface area contributed by atoms with Crippen molar-refractivity contribution in [3.8, 4) is 34.3 Å². The van der Waals surface area contributed by atoms with Crippen molar-refractivity contribution in [2.45, 2.75) is 0 Å². The lowest BCUT2D eigenvalue weighted by Gasteiger charge is -2.13. The molecule has 3 aromatic rings. The van der Waals surface area contributed by atoms with Gasteiger partial charge in [-0.15, -0.1) is 11.3 Å². The third-order valence-electron chi connectivity index (χ3n) is 4.02. The Labute approximate surface area is 166 Å². The number of nitrogens with one attached hydrogen (secondary N) is 1. The molecule has 7 nitrogen and oxygen atoms in total. The molecule has 146 valence electrons. The molecule has 1 aromatic heterocycles. The van der Waals surface area contributed by atoms with Crippen LogP contribution in [0.3, 0.4) is 0 Å². The molecule has 0 saturated heterocycles. The second-order valence-corrected chi connectivity index (χ2v) is 6.50. The van der Waals surface area contributed by atoms with Crippen LogP contribution in [0.4, 0.5) is 5.13 Å². The zero-order valence-corrected chi connectivity index (χ0v) is 16.8. The van der Waals surface area contributed by atoms with Gasteiger partial charge in [0.05, 0.1) is 34.1 Å². The highest BCUT2D eigenvalue weighted by atomic mass is 32.1. The summed E-state index contributed by atoms with van der Waals surface area (Å²) in [6.07, 6.45) is 0. The van der Waals surface area contributed by atoms with Crippen LogP contribution in [0.15, 0.2) is 41.8 Å². The number of methoxy groups -OCH3 is 4. The summed E-state index contributed by atoms with van der Waals surface area (Å²) >= 11 is 1.33. The zero-order chi connectivity index (χ0) is 20.1. The summed E-state index contributed by atoms with van der Waals surface area (Å²) < 4.78 is 21.3. The number of benzene rings is 2. The molecule has 0 bridgehead atoms. The van der Waals surface area contributed by atoms with Gasteiger partial charge in [-0.3, -0.25) is 10.1 Å². The standard InChI is InChI=1S/C20H20N2O5S/c1-24-14-7-5-6-12(8-14)19(23)22-20-21-15(11-28-20)13-9-16(25-2)18(27-4)17(10-13)26-3/h5-11H,1-4H3,(H,21,22,23). The number of ether oxygens (including phenoxy) is 4. The Kier molecular flexibility index (Phi) is 6.00. The van der Waals surface area contributed by atoms with Crippen molar-refractivity contribution in [2.24, 2.45) is 0 Å². The fourth-order valence-corrected chi connectivity index (χ4v) is 3.34. The molecule has 0 spiro atoms. The number of aromatic nitrogens is 1. The van der Waals surface area contributed by atoms with Crippen molar-refractivity contribution >= 4 is 22.4 Å². The minimum atomic E-state index is -0.260. The van der Waals surface area contributed by atoms with Crippen LogP contribution in [0.5, 0.6) is 23.0 Å². The number of thiazole rings is 1. The van der Waals surface area contributed by atoms with E-state index in [-0.39, 0.29) is 5.91 Å². The first-order chi connectivity index (χ1) is 13.6.